The Morgan fingerprint density at radius 2 is 2.17 bits per heavy atom. The minimum atomic E-state index is -0.124. The summed E-state index contributed by atoms with van der Waals surface area (Å²) in [5.74, 6) is -0.124. The average Bonchev–Trinajstić information content (AvgIpc) is 2.30. The maximum Gasteiger partial charge on any atom is 0.128 e. The molecule has 0 spiro atoms. The summed E-state index contributed by atoms with van der Waals surface area (Å²) in [5.41, 5.74) is 7.50. The largest absolute Gasteiger partial charge is 0.326 e. The highest BCUT2D eigenvalue weighted by Crippen LogP contribution is 2.29. The number of nitrogens with zero attached hydrogens (tertiary/aromatic N) is 1. The Bertz CT molecular complexity index is 415. The van der Waals surface area contributed by atoms with Crippen LogP contribution in [-0.4, -0.2) is 18.0 Å². The molecule has 0 aromatic heterocycles. The lowest BCUT2D eigenvalue weighted by molar-refractivity contribution is 0.110. The molecule has 0 radical (unpaired) electrons. The minimum Gasteiger partial charge on any atom is -0.326 e. The normalized spacial score (nSPS) is 20.0. The van der Waals surface area contributed by atoms with E-state index in [4.69, 9.17) is 5.73 Å². The van der Waals surface area contributed by atoms with Crippen molar-refractivity contribution in [2.24, 2.45) is 11.1 Å². The summed E-state index contributed by atoms with van der Waals surface area (Å²) in [6.45, 7) is 7.79. The van der Waals surface area contributed by atoms with Gasteiger partial charge in [-0.1, -0.05) is 26.0 Å². The van der Waals surface area contributed by atoms with Crippen LogP contribution in [0.25, 0.3) is 0 Å². The van der Waals surface area contributed by atoms with E-state index in [-0.39, 0.29) is 5.82 Å². The lowest BCUT2D eigenvalue weighted by Crippen LogP contribution is -2.39. The quantitative estimate of drug-likeness (QED) is 0.893. The van der Waals surface area contributed by atoms with Gasteiger partial charge in [-0.25, -0.2) is 4.39 Å². The zero-order valence-corrected chi connectivity index (χ0v) is 11.4. The van der Waals surface area contributed by atoms with Crippen LogP contribution in [0.1, 0.15) is 37.8 Å². The zero-order valence-electron chi connectivity index (χ0n) is 11.4. The Morgan fingerprint density at radius 1 is 1.39 bits per heavy atom. The standard InChI is InChI=1S/C15H23FN2/c1-15(2)6-3-7-18(11-15)10-13-5-4-12(9-17)8-14(13)16/h4-5,8H,3,6-7,9-11,17H2,1-2H3. The van der Waals surface area contributed by atoms with Crippen molar-refractivity contribution in [3.05, 3.63) is 35.1 Å². The Balaban J connectivity index is 2.05. The van der Waals surface area contributed by atoms with Gasteiger partial charge in [0, 0.05) is 25.2 Å². The molecule has 1 aromatic carbocycles. The number of hydrogen-bond acceptors (Lipinski definition) is 2. The molecule has 18 heavy (non-hydrogen) atoms. The van der Waals surface area contributed by atoms with Gasteiger partial charge in [0.2, 0.25) is 0 Å². The first-order valence-electron chi connectivity index (χ1n) is 6.70. The van der Waals surface area contributed by atoms with Crippen LogP contribution >= 0.6 is 0 Å². The van der Waals surface area contributed by atoms with Crippen molar-refractivity contribution in [1.82, 2.24) is 4.90 Å². The van der Waals surface area contributed by atoms with Crippen molar-refractivity contribution in [2.45, 2.75) is 39.8 Å². The number of halogens is 1. The van der Waals surface area contributed by atoms with Crippen LogP contribution in [0, 0.1) is 11.2 Å². The van der Waals surface area contributed by atoms with E-state index >= 15 is 0 Å². The molecule has 2 rings (SSSR count). The molecule has 0 bridgehead atoms. The third-order valence-corrected chi connectivity index (χ3v) is 3.73. The fraction of sp³-hybridized carbons (Fsp3) is 0.600. The molecule has 0 unspecified atom stereocenters. The molecule has 0 amide bonds. The topological polar surface area (TPSA) is 29.3 Å². The molecular formula is C15H23FN2. The number of benzene rings is 1. The Labute approximate surface area is 109 Å². The van der Waals surface area contributed by atoms with Gasteiger partial charge < -0.3 is 5.73 Å². The summed E-state index contributed by atoms with van der Waals surface area (Å²) in [7, 11) is 0. The molecule has 1 heterocycles. The smallest absolute Gasteiger partial charge is 0.128 e. The molecule has 1 aliphatic rings. The first kappa shape index (κ1) is 13.5. The van der Waals surface area contributed by atoms with Crippen LogP contribution in [0.4, 0.5) is 4.39 Å². The van der Waals surface area contributed by atoms with E-state index in [2.05, 4.69) is 18.7 Å². The third kappa shape index (κ3) is 3.30. The second-order valence-electron chi connectivity index (χ2n) is 6.11. The molecule has 2 N–H and O–H groups in total. The van der Waals surface area contributed by atoms with E-state index < -0.39 is 0 Å². The van der Waals surface area contributed by atoms with Crippen molar-refractivity contribution in [2.75, 3.05) is 13.1 Å². The monoisotopic (exact) mass is 250 g/mol. The third-order valence-electron chi connectivity index (χ3n) is 3.73. The van der Waals surface area contributed by atoms with E-state index in [0.29, 0.717) is 18.5 Å². The second kappa shape index (κ2) is 5.37. The van der Waals surface area contributed by atoms with Crippen molar-refractivity contribution < 1.29 is 4.39 Å². The average molecular weight is 250 g/mol. The number of rotatable bonds is 3. The summed E-state index contributed by atoms with van der Waals surface area (Å²) in [5, 5.41) is 0. The molecule has 1 saturated heterocycles. The number of hydrogen-bond donors (Lipinski definition) is 1. The molecule has 1 fully saturated rings. The summed E-state index contributed by atoms with van der Waals surface area (Å²) in [4.78, 5) is 2.35. The predicted molar refractivity (Wildman–Crippen MR) is 72.6 cm³/mol. The summed E-state index contributed by atoms with van der Waals surface area (Å²) in [6, 6.07) is 5.36. The number of piperidine rings is 1. The minimum absolute atomic E-state index is 0.124. The van der Waals surface area contributed by atoms with Crippen molar-refractivity contribution >= 4 is 0 Å². The van der Waals surface area contributed by atoms with E-state index in [0.717, 1.165) is 24.2 Å². The Kier molecular flexibility index (Phi) is 4.03. The molecule has 3 heteroatoms. The molecule has 1 aliphatic heterocycles. The highest BCUT2D eigenvalue weighted by molar-refractivity contribution is 5.24. The van der Waals surface area contributed by atoms with Gasteiger partial charge in [0.05, 0.1) is 0 Å². The number of nitrogens with two attached hydrogens (primary N) is 1. The van der Waals surface area contributed by atoms with Crippen molar-refractivity contribution in [3.63, 3.8) is 0 Å². The maximum atomic E-state index is 13.9. The maximum absolute atomic E-state index is 13.9. The van der Waals surface area contributed by atoms with Crippen LogP contribution < -0.4 is 5.73 Å². The molecule has 0 aliphatic carbocycles. The first-order valence-corrected chi connectivity index (χ1v) is 6.70. The van der Waals surface area contributed by atoms with E-state index in [1.807, 2.05) is 12.1 Å². The Morgan fingerprint density at radius 3 is 2.78 bits per heavy atom. The lowest BCUT2D eigenvalue weighted by Gasteiger charge is -2.38. The summed E-state index contributed by atoms with van der Waals surface area (Å²) >= 11 is 0. The van der Waals surface area contributed by atoms with Crippen molar-refractivity contribution in [1.29, 1.82) is 0 Å². The van der Waals surface area contributed by atoms with E-state index in [1.54, 1.807) is 6.07 Å². The summed E-state index contributed by atoms with van der Waals surface area (Å²) in [6.07, 6.45) is 2.47. The first-order chi connectivity index (χ1) is 8.50. The highest BCUT2D eigenvalue weighted by atomic mass is 19.1. The number of likely N-dealkylation sites (tertiary alicyclic amines) is 1. The van der Waals surface area contributed by atoms with Crippen LogP contribution in [-0.2, 0) is 13.1 Å². The van der Waals surface area contributed by atoms with Gasteiger partial charge in [0.1, 0.15) is 5.82 Å². The predicted octanol–water partition coefficient (Wildman–Crippen LogP) is 2.91. The second-order valence-corrected chi connectivity index (χ2v) is 6.11. The molecule has 2 nitrogen and oxygen atoms in total. The Hall–Kier alpha value is -0.930. The van der Waals surface area contributed by atoms with Gasteiger partial charge in [0.15, 0.2) is 0 Å². The van der Waals surface area contributed by atoms with Crippen LogP contribution in [0.15, 0.2) is 18.2 Å². The van der Waals surface area contributed by atoms with E-state index in [9.17, 15) is 4.39 Å². The van der Waals surface area contributed by atoms with Gasteiger partial charge >= 0.3 is 0 Å². The van der Waals surface area contributed by atoms with Crippen LogP contribution in [0.3, 0.4) is 0 Å². The molecule has 1 aromatic rings. The van der Waals surface area contributed by atoms with Gasteiger partial charge in [-0.2, -0.15) is 0 Å². The molecule has 100 valence electrons. The van der Waals surface area contributed by atoms with Gasteiger partial charge in [-0.05, 0) is 36.4 Å². The zero-order chi connectivity index (χ0) is 13.2. The lowest BCUT2D eigenvalue weighted by atomic mass is 9.84. The van der Waals surface area contributed by atoms with Gasteiger partial charge in [0.25, 0.3) is 0 Å². The van der Waals surface area contributed by atoms with E-state index in [1.165, 1.54) is 12.8 Å². The molecule has 0 saturated carbocycles. The fourth-order valence-electron chi connectivity index (χ4n) is 2.77. The molecular weight excluding hydrogens is 227 g/mol. The molecule has 0 atom stereocenters. The van der Waals surface area contributed by atoms with Crippen molar-refractivity contribution in [3.8, 4) is 0 Å². The highest BCUT2D eigenvalue weighted by Gasteiger charge is 2.26. The van der Waals surface area contributed by atoms with Gasteiger partial charge in [-0.15, -0.1) is 0 Å². The summed E-state index contributed by atoms with van der Waals surface area (Å²) < 4.78 is 13.9. The fourth-order valence-corrected chi connectivity index (χ4v) is 2.77. The SMILES string of the molecule is CC1(C)CCCN(Cc2ccc(CN)cc2F)C1. The van der Waals surface area contributed by atoms with Gasteiger partial charge in [-0.3, -0.25) is 4.90 Å². The van der Waals surface area contributed by atoms with Crippen LogP contribution in [0.5, 0.6) is 0 Å². The van der Waals surface area contributed by atoms with Crippen LogP contribution in [0.2, 0.25) is 0 Å².